The molecule has 1 saturated heterocycles. The van der Waals surface area contributed by atoms with E-state index in [0.717, 1.165) is 55.7 Å². The maximum atomic E-state index is 12.0. The van der Waals surface area contributed by atoms with Gasteiger partial charge in [-0.15, -0.1) is 0 Å². The Bertz CT molecular complexity index is 1020. The third-order valence-electron chi connectivity index (χ3n) is 5.90. The summed E-state index contributed by atoms with van der Waals surface area (Å²) in [5, 5.41) is 11.7. The molecule has 0 bridgehead atoms. The number of hydrogen-bond acceptors (Lipinski definition) is 5. The zero-order chi connectivity index (χ0) is 19.7. The van der Waals surface area contributed by atoms with E-state index >= 15 is 0 Å². The summed E-state index contributed by atoms with van der Waals surface area (Å²) in [5.74, 6) is 0.943. The largest absolute Gasteiger partial charge is 0.423 e. The van der Waals surface area contributed by atoms with E-state index in [1.54, 1.807) is 12.3 Å². The lowest BCUT2D eigenvalue weighted by Gasteiger charge is -2.34. The summed E-state index contributed by atoms with van der Waals surface area (Å²) in [7, 11) is 1.91. The molecule has 6 heteroatoms. The van der Waals surface area contributed by atoms with Crippen molar-refractivity contribution < 1.29 is 9.52 Å². The number of aliphatic hydroxyl groups excluding tert-OH is 1. The van der Waals surface area contributed by atoms with Gasteiger partial charge in [0, 0.05) is 37.4 Å². The van der Waals surface area contributed by atoms with Crippen LogP contribution in [0.3, 0.4) is 0 Å². The van der Waals surface area contributed by atoms with Gasteiger partial charge in [0.05, 0.1) is 0 Å². The minimum atomic E-state index is -0.529. The minimum absolute atomic E-state index is 0.210. The standard InChI is InChI=1S/C22H27N3O3/c1-3-15-4-5-19-18(12-15)17(13-20(26)28-19)14-25-9-6-16(7-10-25)21(27)22-23-8-11-24(22)2/h4-5,8,11-13,16,21,27H,3,6-7,9-10,14H2,1-2H3/t21-/m0/s1. The van der Waals surface area contributed by atoms with Gasteiger partial charge in [0.1, 0.15) is 17.5 Å². The Hall–Kier alpha value is -2.44. The quantitative estimate of drug-likeness (QED) is 0.688. The Kier molecular flexibility index (Phi) is 5.33. The fraction of sp³-hybridized carbons (Fsp3) is 0.455. The molecule has 0 radical (unpaired) electrons. The molecule has 2 aromatic heterocycles. The van der Waals surface area contributed by atoms with Gasteiger partial charge in [0.25, 0.3) is 0 Å². The summed E-state index contributed by atoms with van der Waals surface area (Å²) < 4.78 is 7.26. The molecule has 0 amide bonds. The Morgan fingerprint density at radius 1 is 1.29 bits per heavy atom. The van der Waals surface area contributed by atoms with Gasteiger partial charge in [0.15, 0.2) is 0 Å². The molecule has 0 saturated carbocycles. The molecule has 1 aliphatic heterocycles. The van der Waals surface area contributed by atoms with Crippen LogP contribution < -0.4 is 5.63 Å². The van der Waals surface area contributed by atoms with Crippen molar-refractivity contribution in [3.63, 3.8) is 0 Å². The lowest BCUT2D eigenvalue weighted by molar-refractivity contribution is 0.0493. The molecular weight excluding hydrogens is 354 g/mol. The molecule has 4 rings (SSSR count). The first kappa shape index (κ1) is 18.9. The van der Waals surface area contributed by atoms with Crippen molar-refractivity contribution in [2.45, 2.75) is 38.8 Å². The first-order chi connectivity index (χ1) is 13.5. The van der Waals surface area contributed by atoms with Crippen molar-refractivity contribution in [1.29, 1.82) is 0 Å². The van der Waals surface area contributed by atoms with Crippen LogP contribution in [0.25, 0.3) is 11.0 Å². The van der Waals surface area contributed by atoms with Crippen LogP contribution in [0.4, 0.5) is 0 Å². The maximum absolute atomic E-state index is 12.0. The molecule has 148 valence electrons. The average molecular weight is 381 g/mol. The van der Waals surface area contributed by atoms with Gasteiger partial charge in [-0.3, -0.25) is 4.90 Å². The molecule has 6 nitrogen and oxygen atoms in total. The van der Waals surface area contributed by atoms with Crippen molar-refractivity contribution in [2.24, 2.45) is 13.0 Å². The molecule has 1 aliphatic rings. The van der Waals surface area contributed by atoms with Crippen LogP contribution in [0.1, 0.15) is 42.8 Å². The van der Waals surface area contributed by atoms with Gasteiger partial charge in [-0.25, -0.2) is 9.78 Å². The van der Waals surface area contributed by atoms with E-state index in [-0.39, 0.29) is 11.5 Å². The highest BCUT2D eigenvalue weighted by Crippen LogP contribution is 2.31. The summed E-state index contributed by atoms with van der Waals surface area (Å²) in [4.78, 5) is 18.6. The predicted molar refractivity (Wildman–Crippen MR) is 108 cm³/mol. The molecular formula is C22H27N3O3. The fourth-order valence-electron chi connectivity index (χ4n) is 4.17. The van der Waals surface area contributed by atoms with Crippen molar-refractivity contribution in [3.05, 3.63) is 64.0 Å². The number of fused-ring (bicyclic) bond motifs is 1. The van der Waals surface area contributed by atoms with Crippen molar-refractivity contribution in [3.8, 4) is 0 Å². The van der Waals surface area contributed by atoms with E-state index in [2.05, 4.69) is 22.9 Å². The van der Waals surface area contributed by atoms with Crippen molar-refractivity contribution in [2.75, 3.05) is 13.1 Å². The van der Waals surface area contributed by atoms with E-state index in [1.165, 1.54) is 5.56 Å². The number of aliphatic hydroxyl groups is 1. The minimum Gasteiger partial charge on any atom is -0.423 e. The topological polar surface area (TPSA) is 71.5 Å². The average Bonchev–Trinajstić information content (AvgIpc) is 3.13. The number of imidazole rings is 1. The molecule has 0 aliphatic carbocycles. The Morgan fingerprint density at radius 3 is 2.75 bits per heavy atom. The Balaban J connectivity index is 1.48. The smallest absolute Gasteiger partial charge is 0.336 e. The molecule has 1 atom stereocenters. The number of piperidine rings is 1. The van der Waals surface area contributed by atoms with E-state index in [0.29, 0.717) is 5.58 Å². The lowest BCUT2D eigenvalue weighted by Crippen LogP contribution is -2.35. The Labute approximate surface area is 164 Å². The number of nitrogens with zero attached hydrogens (tertiary/aromatic N) is 3. The summed E-state index contributed by atoms with van der Waals surface area (Å²) in [5.41, 5.74) is 2.61. The van der Waals surface area contributed by atoms with Gasteiger partial charge in [-0.2, -0.15) is 0 Å². The van der Waals surface area contributed by atoms with E-state index in [9.17, 15) is 9.90 Å². The monoisotopic (exact) mass is 381 g/mol. The summed E-state index contributed by atoms with van der Waals surface area (Å²) in [6.07, 6.45) is 5.83. The fourth-order valence-corrected chi connectivity index (χ4v) is 4.17. The lowest BCUT2D eigenvalue weighted by atomic mass is 9.90. The molecule has 3 heterocycles. The first-order valence-electron chi connectivity index (χ1n) is 9.98. The van der Waals surface area contributed by atoms with Gasteiger partial charge in [-0.1, -0.05) is 13.0 Å². The molecule has 1 aromatic carbocycles. The van der Waals surface area contributed by atoms with E-state index < -0.39 is 6.10 Å². The number of likely N-dealkylation sites (tertiary alicyclic amines) is 1. The molecule has 28 heavy (non-hydrogen) atoms. The zero-order valence-corrected chi connectivity index (χ0v) is 16.5. The maximum Gasteiger partial charge on any atom is 0.336 e. The number of hydrogen-bond donors (Lipinski definition) is 1. The second kappa shape index (κ2) is 7.89. The van der Waals surface area contributed by atoms with Crippen LogP contribution in [0.5, 0.6) is 0 Å². The zero-order valence-electron chi connectivity index (χ0n) is 16.5. The van der Waals surface area contributed by atoms with Crippen LogP contribution >= 0.6 is 0 Å². The second-order valence-electron chi connectivity index (χ2n) is 7.73. The number of rotatable bonds is 5. The van der Waals surface area contributed by atoms with Crippen LogP contribution in [-0.2, 0) is 20.0 Å². The highest BCUT2D eigenvalue weighted by molar-refractivity contribution is 5.80. The predicted octanol–water partition coefficient (Wildman–Crippen LogP) is 3.03. The van der Waals surface area contributed by atoms with Crippen LogP contribution in [0, 0.1) is 5.92 Å². The first-order valence-corrected chi connectivity index (χ1v) is 9.98. The van der Waals surface area contributed by atoms with Crippen molar-refractivity contribution >= 4 is 11.0 Å². The second-order valence-corrected chi connectivity index (χ2v) is 7.73. The number of aryl methyl sites for hydroxylation is 2. The van der Waals surface area contributed by atoms with Crippen LogP contribution in [0.2, 0.25) is 0 Å². The molecule has 3 aromatic rings. The molecule has 1 fully saturated rings. The summed E-state index contributed by atoms with van der Waals surface area (Å²) in [6, 6.07) is 7.66. The van der Waals surface area contributed by atoms with Crippen molar-refractivity contribution in [1.82, 2.24) is 14.5 Å². The van der Waals surface area contributed by atoms with Crippen LogP contribution in [0.15, 0.2) is 45.9 Å². The van der Waals surface area contributed by atoms with Crippen LogP contribution in [-0.4, -0.2) is 32.6 Å². The third-order valence-corrected chi connectivity index (χ3v) is 5.90. The number of benzene rings is 1. The van der Waals surface area contributed by atoms with E-state index in [1.807, 2.05) is 29.9 Å². The third kappa shape index (κ3) is 3.75. The summed E-state index contributed by atoms with van der Waals surface area (Å²) >= 11 is 0. The van der Waals surface area contributed by atoms with Gasteiger partial charge >= 0.3 is 5.63 Å². The normalized spacial score (nSPS) is 17.2. The van der Waals surface area contributed by atoms with E-state index in [4.69, 9.17) is 4.42 Å². The molecule has 0 spiro atoms. The van der Waals surface area contributed by atoms with Gasteiger partial charge < -0.3 is 14.1 Å². The SMILES string of the molecule is CCc1ccc2oc(=O)cc(CN3CCC([C@H](O)c4nccn4C)CC3)c2c1. The highest BCUT2D eigenvalue weighted by atomic mass is 16.4. The number of aromatic nitrogens is 2. The van der Waals surface area contributed by atoms with Gasteiger partial charge in [-0.05, 0) is 61.5 Å². The Morgan fingerprint density at radius 2 is 2.07 bits per heavy atom. The summed E-state index contributed by atoms with van der Waals surface area (Å²) in [6.45, 7) is 4.63. The molecule has 0 unspecified atom stereocenters. The van der Waals surface area contributed by atoms with Gasteiger partial charge in [0.2, 0.25) is 0 Å². The molecule has 1 N–H and O–H groups in total. The highest BCUT2D eigenvalue weighted by Gasteiger charge is 2.28.